The van der Waals surface area contributed by atoms with Gasteiger partial charge in [-0.05, 0) is 70.1 Å². The predicted molar refractivity (Wildman–Crippen MR) is 106 cm³/mol. The first-order chi connectivity index (χ1) is 13.1. The lowest BCUT2D eigenvalue weighted by Crippen LogP contribution is -2.45. The molecule has 2 aromatic rings. The number of nitrogens with zero attached hydrogens (tertiary/aromatic N) is 1. The van der Waals surface area contributed by atoms with Crippen LogP contribution in [-0.2, 0) is 9.31 Å². The number of halogens is 2. The minimum absolute atomic E-state index is 0.205. The van der Waals surface area contributed by atoms with Crippen LogP contribution in [0.5, 0.6) is 0 Å². The zero-order valence-electron chi connectivity index (χ0n) is 16.9. The number of pyridine rings is 1. The Hall–Kier alpha value is -1.79. The van der Waals surface area contributed by atoms with Gasteiger partial charge in [-0.15, -0.1) is 0 Å². The smallest absolute Gasteiger partial charge is 0.399 e. The van der Waals surface area contributed by atoms with Crippen LogP contribution < -0.4 is 5.46 Å². The molecule has 1 saturated carbocycles. The first-order valence-corrected chi connectivity index (χ1v) is 9.89. The molecular weight excluding hydrogens is 359 g/mol. The number of aromatic nitrogens is 1. The van der Waals surface area contributed by atoms with Gasteiger partial charge in [-0.3, -0.25) is 4.98 Å². The van der Waals surface area contributed by atoms with Gasteiger partial charge in [0.15, 0.2) is 0 Å². The van der Waals surface area contributed by atoms with E-state index >= 15 is 0 Å². The number of rotatable bonds is 5. The van der Waals surface area contributed by atoms with Gasteiger partial charge < -0.3 is 9.31 Å². The molecule has 0 N–H and O–H groups in total. The molecule has 0 bridgehead atoms. The Morgan fingerprint density at radius 1 is 1.00 bits per heavy atom. The van der Waals surface area contributed by atoms with Crippen LogP contribution in [0.1, 0.15) is 53.4 Å². The van der Waals surface area contributed by atoms with Crippen molar-refractivity contribution in [2.45, 2.75) is 64.6 Å². The monoisotopic (exact) mass is 385 g/mol. The Morgan fingerprint density at radius 2 is 1.75 bits per heavy atom. The Kier molecular flexibility index (Phi) is 4.63. The summed E-state index contributed by atoms with van der Waals surface area (Å²) in [5.74, 6) is -1.32. The van der Waals surface area contributed by atoms with E-state index in [0.29, 0.717) is 11.1 Å². The maximum Gasteiger partial charge on any atom is 0.497 e. The van der Waals surface area contributed by atoms with Crippen LogP contribution >= 0.6 is 0 Å². The maximum absolute atomic E-state index is 14.7. The second-order valence-electron chi connectivity index (χ2n) is 9.19. The van der Waals surface area contributed by atoms with Crippen molar-refractivity contribution in [3.05, 3.63) is 48.2 Å². The average Bonchev–Trinajstić information content (AvgIpc) is 3.32. The first kappa shape index (κ1) is 19.5. The molecule has 0 spiro atoms. The van der Waals surface area contributed by atoms with E-state index in [1.54, 1.807) is 24.4 Å². The van der Waals surface area contributed by atoms with Crippen LogP contribution in [0.15, 0.2) is 36.5 Å². The van der Waals surface area contributed by atoms with E-state index < -0.39 is 30.0 Å². The lowest BCUT2D eigenvalue weighted by Gasteiger charge is -2.37. The summed E-state index contributed by atoms with van der Waals surface area (Å²) in [6.07, 6.45) is 5.96. The SMILES string of the molecule is CC1(CCC2(C)OB(c3cc(-c4ccccn4)c(F)cc3F)OC2(C)C)CC1. The van der Waals surface area contributed by atoms with E-state index in [4.69, 9.17) is 9.31 Å². The van der Waals surface area contributed by atoms with Crippen molar-refractivity contribution in [1.82, 2.24) is 4.98 Å². The molecule has 148 valence electrons. The van der Waals surface area contributed by atoms with Gasteiger partial charge in [0.25, 0.3) is 0 Å². The van der Waals surface area contributed by atoms with Gasteiger partial charge in [0, 0.05) is 23.3 Å². The first-order valence-electron chi connectivity index (χ1n) is 9.89. The van der Waals surface area contributed by atoms with Gasteiger partial charge in [-0.25, -0.2) is 8.78 Å². The van der Waals surface area contributed by atoms with Crippen molar-refractivity contribution in [2.24, 2.45) is 5.41 Å². The third-order valence-electron chi connectivity index (χ3n) is 6.63. The van der Waals surface area contributed by atoms with Crippen molar-refractivity contribution in [3.63, 3.8) is 0 Å². The highest BCUT2D eigenvalue weighted by Gasteiger charge is 2.56. The zero-order chi connectivity index (χ0) is 20.2. The summed E-state index contributed by atoms with van der Waals surface area (Å²) in [5, 5.41) is 0. The van der Waals surface area contributed by atoms with Crippen molar-refractivity contribution < 1.29 is 18.1 Å². The maximum atomic E-state index is 14.7. The minimum Gasteiger partial charge on any atom is -0.399 e. The summed E-state index contributed by atoms with van der Waals surface area (Å²) in [6, 6.07) is 7.57. The molecule has 2 heterocycles. The number of benzene rings is 1. The average molecular weight is 385 g/mol. The third-order valence-corrected chi connectivity index (χ3v) is 6.63. The van der Waals surface area contributed by atoms with Crippen molar-refractivity contribution >= 4 is 12.6 Å². The fourth-order valence-corrected chi connectivity index (χ4v) is 3.75. The lowest BCUT2D eigenvalue weighted by molar-refractivity contribution is -0.0200. The second kappa shape index (κ2) is 6.63. The predicted octanol–water partition coefficient (Wildman–Crippen LogP) is 4.89. The highest BCUT2D eigenvalue weighted by atomic mass is 19.1. The number of hydrogen-bond donors (Lipinski definition) is 0. The topological polar surface area (TPSA) is 31.4 Å². The summed E-state index contributed by atoms with van der Waals surface area (Å²) >= 11 is 0. The molecule has 28 heavy (non-hydrogen) atoms. The molecule has 2 aliphatic rings. The molecule has 0 amide bonds. The van der Waals surface area contributed by atoms with Crippen LogP contribution in [-0.4, -0.2) is 23.3 Å². The highest BCUT2D eigenvalue weighted by Crippen LogP contribution is 2.52. The van der Waals surface area contributed by atoms with E-state index in [-0.39, 0.29) is 11.0 Å². The molecule has 1 unspecified atom stereocenters. The fourth-order valence-electron chi connectivity index (χ4n) is 3.75. The molecule has 0 radical (unpaired) electrons. The van der Waals surface area contributed by atoms with Crippen LogP contribution in [0, 0.1) is 17.0 Å². The van der Waals surface area contributed by atoms with Gasteiger partial charge in [0.1, 0.15) is 11.6 Å². The van der Waals surface area contributed by atoms with Crippen LogP contribution in [0.4, 0.5) is 8.78 Å². The fraction of sp³-hybridized carbons (Fsp3) is 0.500. The Morgan fingerprint density at radius 3 is 2.39 bits per heavy atom. The molecular formula is C22H26BF2NO2. The molecule has 1 aromatic heterocycles. The Bertz CT molecular complexity index is 886. The number of hydrogen-bond acceptors (Lipinski definition) is 3. The quantitative estimate of drug-likeness (QED) is 0.687. The van der Waals surface area contributed by atoms with Crippen LogP contribution in [0.25, 0.3) is 11.3 Å². The molecule has 6 heteroatoms. The van der Waals surface area contributed by atoms with Gasteiger partial charge in [0.05, 0.1) is 16.9 Å². The molecule has 4 rings (SSSR count). The van der Waals surface area contributed by atoms with E-state index in [9.17, 15) is 8.78 Å². The standard InChI is InChI=1S/C22H26BF2NO2/c1-20(2)22(4,11-10-21(3)8-9-21)28-23(27-20)16-13-15(17(24)14-18(16)25)19-7-5-6-12-26-19/h5-7,12-14H,8-11H2,1-4H3. The van der Waals surface area contributed by atoms with E-state index in [1.807, 2.05) is 20.8 Å². The minimum atomic E-state index is -0.880. The summed E-state index contributed by atoms with van der Waals surface area (Å²) in [7, 11) is -0.880. The van der Waals surface area contributed by atoms with Gasteiger partial charge in [-0.2, -0.15) is 0 Å². The summed E-state index contributed by atoms with van der Waals surface area (Å²) in [4.78, 5) is 4.18. The molecule has 1 aliphatic carbocycles. The van der Waals surface area contributed by atoms with Crippen molar-refractivity contribution in [1.29, 1.82) is 0 Å². The van der Waals surface area contributed by atoms with Gasteiger partial charge in [0.2, 0.25) is 0 Å². The Balaban J connectivity index is 1.64. The van der Waals surface area contributed by atoms with Crippen LogP contribution in [0.2, 0.25) is 0 Å². The molecule has 3 nitrogen and oxygen atoms in total. The van der Waals surface area contributed by atoms with Crippen molar-refractivity contribution in [3.8, 4) is 11.3 Å². The van der Waals surface area contributed by atoms with Crippen LogP contribution in [0.3, 0.4) is 0 Å². The zero-order valence-corrected chi connectivity index (χ0v) is 16.9. The summed E-state index contributed by atoms with van der Waals surface area (Å²) < 4.78 is 41.5. The second-order valence-corrected chi connectivity index (χ2v) is 9.19. The molecule has 1 atom stereocenters. The summed E-state index contributed by atoms with van der Waals surface area (Å²) in [5.41, 5.74) is 0.151. The van der Waals surface area contributed by atoms with E-state index in [2.05, 4.69) is 11.9 Å². The van der Waals surface area contributed by atoms with Crippen molar-refractivity contribution in [2.75, 3.05) is 0 Å². The highest BCUT2D eigenvalue weighted by molar-refractivity contribution is 6.62. The Labute approximate surface area is 165 Å². The normalized spacial score (nSPS) is 25.1. The molecule has 1 aliphatic heterocycles. The van der Waals surface area contributed by atoms with E-state index in [0.717, 1.165) is 18.9 Å². The molecule has 2 fully saturated rings. The molecule has 1 saturated heterocycles. The largest absolute Gasteiger partial charge is 0.497 e. The third kappa shape index (κ3) is 3.48. The lowest BCUT2D eigenvalue weighted by atomic mass is 9.77. The van der Waals surface area contributed by atoms with E-state index in [1.165, 1.54) is 18.9 Å². The summed E-state index contributed by atoms with van der Waals surface area (Å²) in [6.45, 7) is 8.27. The van der Waals surface area contributed by atoms with Gasteiger partial charge in [-0.1, -0.05) is 13.0 Å². The molecule has 1 aromatic carbocycles. The van der Waals surface area contributed by atoms with Gasteiger partial charge >= 0.3 is 7.12 Å².